The predicted molar refractivity (Wildman–Crippen MR) is 131 cm³/mol. The number of benzene rings is 1. The van der Waals surface area contributed by atoms with Crippen molar-refractivity contribution in [3.63, 3.8) is 0 Å². The van der Waals surface area contributed by atoms with Crippen molar-refractivity contribution in [3.8, 4) is 5.75 Å². The number of piperidine rings is 1. The van der Waals surface area contributed by atoms with Crippen LogP contribution >= 0.6 is 11.3 Å². The van der Waals surface area contributed by atoms with Crippen LogP contribution in [0, 0.1) is 12.8 Å². The number of carbonyl (C=O) groups excluding carboxylic acids is 1. The van der Waals surface area contributed by atoms with Gasteiger partial charge in [-0.05, 0) is 49.6 Å². The monoisotopic (exact) mass is 483 g/mol. The van der Waals surface area contributed by atoms with E-state index in [1.807, 2.05) is 41.5 Å². The van der Waals surface area contributed by atoms with Gasteiger partial charge in [-0.3, -0.25) is 19.1 Å². The Hall–Kier alpha value is -2.91. The number of aromatic nitrogens is 2. The summed E-state index contributed by atoms with van der Waals surface area (Å²) >= 11 is 1.39. The Kier molecular flexibility index (Phi) is 6.31. The molecule has 1 saturated carbocycles. The van der Waals surface area contributed by atoms with Crippen molar-refractivity contribution in [1.29, 1.82) is 0 Å². The molecule has 34 heavy (non-hydrogen) atoms. The molecular formula is C25H29N3O5S. The summed E-state index contributed by atoms with van der Waals surface area (Å²) in [4.78, 5) is 42.7. The third kappa shape index (κ3) is 4.42. The number of rotatable bonds is 7. The highest BCUT2D eigenvalue weighted by atomic mass is 32.1. The van der Waals surface area contributed by atoms with Crippen LogP contribution in [0.3, 0.4) is 0 Å². The number of aromatic amines is 1. The second-order valence-corrected chi connectivity index (χ2v) is 9.99. The molecule has 1 amide bonds. The molecule has 1 unspecified atom stereocenters. The Morgan fingerprint density at radius 1 is 1.18 bits per heavy atom. The average Bonchev–Trinajstić information content (AvgIpc) is 3.62. The maximum Gasteiger partial charge on any atom is 0.329 e. The number of nitrogens with one attached hydrogen (secondary N) is 1. The van der Waals surface area contributed by atoms with E-state index in [2.05, 4.69) is 4.98 Å². The van der Waals surface area contributed by atoms with E-state index >= 15 is 0 Å². The Balaban J connectivity index is 1.43. The lowest BCUT2D eigenvalue weighted by molar-refractivity contribution is -0.136. The highest BCUT2D eigenvalue weighted by Crippen LogP contribution is 2.35. The van der Waals surface area contributed by atoms with Crippen LogP contribution in [-0.2, 0) is 16.1 Å². The van der Waals surface area contributed by atoms with Gasteiger partial charge in [-0.1, -0.05) is 18.2 Å². The minimum atomic E-state index is -0.457. The minimum Gasteiger partial charge on any atom is -0.496 e. The van der Waals surface area contributed by atoms with Gasteiger partial charge in [-0.2, -0.15) is 0 Å². The van der Waals surface area contributed by atoms with Gasteiger partial charge in [0.05, 0.1) is 25.1 Å². The van der Waals surface area contributed by atoms with Crippen LogP contribution in [0.4, 0.5) is 0 Å². The third-order valence-corrected chi connectivity index (χ3v) is 7.88. The molecule has 3 heterocycles. The smallest absolute Gasteiger partial charge is 0.329 e. The number of H-pyrrole nitrogens is 1. The Morgan fingerprint density at radius 2 is 1.91 bits per heavy atom. The SMILES string of the molecule is COc1ccccc1C(Cn1c(=O)[nH]c(=O)c2c(C)csc21)OC1CCN(C(=O)C2CC2)CC1. The van der Waals surface area contributed by atoms with Crippen LogP contribution in [0.1, 0.15) is 42.9 Å². The fraction of sp³-hybridized carbons (Fsp3) is 0.480. The number of fused-ring (bicyclic) bond motifs is 1. The zero-order valence-electron chi connectivity index (χ0n) is 19.4. The van der Waals surface area contributed by atoms with Gasteiger partial charge < -0.3 is 14.4 Å². The summed E-state index contributed by atoms with van der Waals surface area (Å²) in [6.07, 6.45) is 3.01. The molecule has 0 spiro atoms. The second-order valence-electron chi connectivity index (χ2n) is 9.13. The summed E-state index contributed by atoms with van der Waals surface area (Å²) in [5.74, 6) is 1.18. The number of para-hydroxylation sites is 1. The molecule has 2 aliphatic rings. The molecule has 1 aliphatic heterocycles. The quantitative estimate of drug-likeness (QED) is 0.557. The van der Waals surface area contributed by atoms with Gasteiger partial charge in [0.2, 0.25) is 5.91 Å². The predicted octanol–water partition coefficient (Wildman–Crippen LogP) is 3.23. The lowest BCUT2D eigenvalue weighted by Crippen LogP contribution is -2.42. The van der Waals surface area contributed by atoms with Crippen molar-refractivity contribution in [2.24, 2.45) is 5.92 Å². The summed E-state index contributed by atoms with van der Waals surface area (Å²) in [6, 6.07) is 7.64. The van der Waals surface area contributed by atoms with Crippen LogP contribution in [0.25, 0.3) is 10.2 Å². The number of aryl methyl sites for hydroxylation is 1. The van der Waals surface area contributed by atoms with Crippen molar-refractivity contribution in [3.05, 3.63) is 61.6 Å². The van der Waals surface area contributed by atoms with Gasteiger partial charge in [0.1, 0.15) is 16.7 Å². The number of hydrogen-bond acceptors (Lipinski definition) is 6. The normalized spacial score (nSPS) is 17.8. The first kappa shape index (κ1) is 22.9. The molecule has 0 bridgehead atoms. The van der Waals surface area contributed by atoms with Crippen LogP contribution in [0.15, 0.2) is 39.2 Å². The van der Waals surface area contributed by atoms with E-state index in [9.17, 15) is 14.4 Å². The lowest BCUT2D eigenvalue weighted by atomic mass is 10.0. The Labute approximate surface area is 201 Å². The first-order chi connectivity index (χ1) is 16.5. The zero-order chi connectivity index (χ0) is 23.8. The van der Waals surface area contributed by atoms with E-state index in [1.165, 1.54) is 11.3 Å². The topological polar surface area (TPSA) is 93.6 Å². The fourth-order valence-electron chi connectivity index (χ4n) is 4.74. The van der Waals surface area contributed by atoms with E-state index < -0.39 is 11.8 Å². The maximum absolute atomic E-state index is 12.8. The molecule has 8 nitrogen and oxygen atoms in total. The number of nitrogens with zero attached hydrogens (tertiary/aromatic N) is 2. The first-order valence-corrected chi connectivity index (χ1v) is 12.6. The van der Waals surface area contributed by atoms with Crippen molar-refractivity contribution in [2.45, 2.75) is 51.4 Å². The Morgan fingerprint density at radius 3 is 2.62 bits per heavy atom. The average molecular weight is 484 g/mol. The number of methoxy groups -OCH3 is 1. The number of likely N-dealkylation sites (tertiary alicyclic amines) is 1. The highest BCUT2D eigenvalue weighted by molar-refractivity contribution is 7.17. The number of hydrogen-bond donors (Lipinski definition) is 1. The van der Waals surface area contributed by atoms with Crippen molar-refractivity contribution < 1.29 is 14.3 Å². The van der Waals surface area contributed by atoms with E-state index in [0.29, 0.717) is 29.1 Å². The highest BCUT2D eigenvalue weighted by Gasteiger charge is 2.35. The molecule has 9 heteroatoms. The van der Waals surface area contributed by atoms with Crippen LogP contribution in [0.2, 0.25) is 0 Å². The van der Waals surface area contributed by atoms with Gasteiger partial charge in [0.15, 0.2) is 0 Å². The molecule has 0 radical (unpaired) electrons. The summed E-state index contributed by atoms with van der Waals surface area (Å²) in [5.41, 5.74) is 0.878. The van der Waals surface area contributed by atoms with Crippen molar-refractivity contribution in [1.82, 2.24) is 14.5 Å². The molecule has 1 aromatic carbocycles. The van der Waals surface area contributed by atoms with Crippen LogP contribution in [0.5, 0.6) is 5.75 Å². The van der Waals surface area contributed by atoms with E-state index in [0.717, 1.165) is 36.8 Å². The molecule has 3 aromatic rings. The molecular weight excluding hydrogens is 454 g/mol. The number of thiophene rings is 1. The van der Waals surface area contributed by atoms with Gasteiger partial charge in [-0.25, -0.2) is 4.79 Å². The molecule has 180 valence electrons. The summed E-state index contributed by atoms with van der Waals surface area (Å²) in [6.45, 7) is 3.48. The minimum absolute atomic E-state index is 0.0443. The maximum atomic E-state index is 12.8. The summed E-state index contributed by atoms with van der Waals surface area (Å²) in [5, 5.41) is 2.43. The third-order valence-electron chi connectivity index (χ3n) is 6.76. The summed E-state index contributed by atoms with van der Waals surface area (Å²) in [7, 11) is 1.62. The van der Waals surface area contributed by atoms with E-state index in [1.54, 1.807) is 11.7 Å². The number of carbonyl (C=O) groups is 1. The fourth-order valence-corrected chi connectivity index (χ4v) is 5.80. The Bertz CT molecular complexity index is 1310. The van der Waals surface area contributed by atoms with E-state index in [4.69, 9.17) is 9.47 Å². The molecule has 5 rings (SSSR count). The molecule has 1 N–H and O–H groups in total. The van der Waals surface area contributed by atoms with Crippen LogP contribution in [-0.4, -0.2) is 46.7 Å². The standard InChI is InChI=1S/C25H29N3O5S/c1-15-14-34-24-21(15)22(29)26-25(31)28(24)13-20(18-5-3-4-6-19(18)32-2)33-17-9-11-27(12-10-17)23(30)16-7-8-16/h3-6,14,16-17,20H,7-13H2,1-2H3,(H,26,29,31). The summed E-state index contributed by atoms with van der Waals surface area (Å²) < 4.78 is 13.8. The second kappa shape index (κ2) is 9.38. The molecule has 2 fully saturated rings. The van der Waals surface area contributed by atoms with Gasteiger partial charge >= 0.3 is 5.69 Å². The largest absolute Gasteiger partial charge is 0.496 e. The van der Waals surface area contributed by atoms with Gasteiger partial charge in [0, 0.05) is 24.6 Å². The number of ether oxygens (including phenoxy) is 2. The van der Waals surface area contributed by atoms with Crippen LogP contribution < -0.4 is 16.0 Å². The molecule has 1 atom stereocenters. The van der Waals surface area contributed by atoms with Crippen molar-refractivity contribution in [2.75, 3.05) is 20.2 Å². The van der Waals surface area contributed by atoms with Gasteiger partial charge in [-0.15, -0.1) is 11.3 Å². The number of amides is 1. The van der Waals surface area contributed by atoms with E-state index in [-0.39, 0.29) is 30.0 Å². The zero-order valence-corrected chi connectivity index (χ0v) is 20.2. The van der Waals surface area contributed by atoms with Gasteiger partial charge in [0.25, 0.3) is 5.56 Å². The van der Waals surface area contributed by atoms with Crippen molar-refractivity contribution >= 4 is 27.5 Å². The lowest BCUT2D eigenvalue weighted by Gasteiger charge is -2.34. The molecule has 1 aliphatic carbocycles. The molecule has 1 saturated heterocycles. The first-order valence-electron chi connectivity index (χ1n) is 11.7. The molecule has 2 aromatic heterocycles.